The summed E-state index contributed by atoms with van der Waals surface area (Å²) in [5.74, 6) is 0.0323. The average molecular weight is 302 g/mol. The molecule has 0 saturated carbocycles. The van der Waals surface area contributed by atoms with E-state index in [0.29, 0.717) is 5.69 Å². The Morgan fingerprint density at radius 3 is 3.00 bits per heavy atom. The van der Waals surface area contributed by atoms with Gasteiger partial charge in [-0.15, -0.1) is 0 Å². The molecule has 2 aromatic heterocycles. The summed E-state index contributed by atoms with van der Waals surface area (Å²) in [6.45, 7) is 7.98. The quantitative estimate of drug-likeness (QED) is 0.940. The largest absolute Gasteiger partial charge is 0.472 e. The van der Waals surface area contributed by atoms with Crippen LogP contribution < -0.4 is 0 Å². The second kappa shape index (κ2) is 6.36. The van der Waals surface area contributed by atoms with Crippen molar-refractivity contribution in [3.63, 3.8) is 0 Å². The van der Waals surface area contributed by atoms with Gasteiger partial charge >= 0.3 is 0 Å². The second-order valence-electron chi connectivity index (χ2n) is 5.63. The highest BCUT2D eigenvalue weighted by Crippen LogP contribution is 2.20. The minimum Gasteiger partial charge on any atom is -0.472 e. The summed E-state index contributed by atoms with van der Waals surface area (Å²) in [7, 11) is 0. The summed E-state index contributed by atoms with van der Waals surface area (Å²) in [6, 6.07) is 3.90. The number of H-pyrrole nitrogens is 1. The van der Waals surface area contributed by atoms with Crippen molar-refractivity contribution in [2.24, 2.45) is 0 Å². The number of piperazine rings is 1. The maximum Gasteiger partial charge on any atom is 0.272 e. The van der Waals surface area contributed by atoms with Crippen LogP contribution in [0.2, 0.25) is 0 Å². The van der Waals surface area contributed by atoms with Gasteiger partial charge in [0.05, 0.1) is 18.2 Å². The van der Waals surface area contributed by atoms with Gasteiger partial charge in [0.1, 0.15) is 5.69 Å². The van der Waals surface area contributed by atoms with Crippen LogP contribution in [0.5, 0.6) is 0 Å². The predicted molar refractivity (Wildman–Crippen MR) is 83.5 cm³/mol. The number of carbonyl (C=O) groups excluding carboxylic acids is 1. The van der Waals surface area contributed by atoms with Crippen LogP contribution in [-0.2, 0) is 0 Å². The third-order valence-electron chi connectivity index (χ3n) is 4.37. The zero-order valence-electron chi connectivity index (χ0n) is 13.1. The van der Waals surface area contributed by atoms with Crippen LogP contribution >= 0.6 is 0 Å². The number of nitrogens with zero attached hydrogens (tertiary/aromatic N) is 3. The lowest BCUT2D eigenvalue weighted by atomic mass is 10.1. The summed E-state index contributed by atoms with van der Waals surface area (Å²) >= 11 is 0. The van der Waals surface area contributed by atoms with E-state index in [2.05, 4.69) is 28.9 Å². The normalized spacial score (nSPS) is 19.5. The zero-order chi connectivity index (χ0) is 15.5. The first-order valence-corrected chi connectivity index (χ1v) is 7.84. The first-order chi connectivity index (χ1) is 10.7. The molecule has 3 rings (SSSR count). The number of furan rings is 1. The number of aromatic nitrogens is 2. The van der Waals surface area contributed by atoms with E-state index in [1.165, 1.54) is 0 Å². The third kappa shape index (κ3) is 2.78. The fourth-order valence-corrected chi connectivity index (χ4v) is 2.97. The molecule has 3 heterocycles. The molecule has 0 radical (unpaired) electrons. The number of nitrogens with one attached hydrogen (secondary N) is 1. The van der Waals surface area contributed by atoms with Crippen molar-refractivity contribution in [1.29, 1.82) is 0 Å². The van der Waals surface area contributed by atoms with E-state index < -0.39 is 0 Å². The maximum absolute atomic E-state index is 12.8. The smallest absolute Gasteiger partial charge is 0.272 e. The van der Waals surface area contributed by atoms with E-state index >= 15 is 0 Å². The molecule has 1 fully saturated rings. The molecular weight excluding hydrogens is 280 g/mol. The molecule has 1 aliphatic heterocycles. The van der Waals surface area contributed by atoms with Gasteiger partial charge in [0.2, 0.25) is 0 Å². The Balaban J connectivity index is 1.76. The Kier molecular flexibility index (Phi) is 4.29. The van der Waals surface area contributed by atoms with E-state index in [4.69, 9.17) is 4.42 Å². The average Bonchev–Trinajstić information content (AvgIpc) is 3.24. The van der Waals surface area contributed by atoms with Crippen molar-refractivity contribution in [3.05, 3.63) is 30.4 Å². The van der Waals surface area contributed by atoms with Crippen molar-refractivity contribution in [1.82, 2.24) is 20.0 Å². The SMILES string of the molecule is CCC1CN(CC)CCN1C(=O)c1cc(-c2ccoc2)n[nH]1. The van der Waals surface area contributed by atoms with Crippen LogP contribution in [0.25, 0.3) is 11.3 Å². The lowest BCUT2D eigenvalue weighted by Crippen LogP contribution is -2.54. The Morgan fingerprint density at radius 2 is 2.32 bits per heavy atom. The summed E-state index contributed by atoms with van der Waals surface area (Å²) in [6.07, 6.45) is 4.19. The summed E-state index contributed by atoms with van der Waals surface area (Å²) in [4.78, 5) is 17.1. The standard InChI is InChI=1S/C16H22N4O2/c1-3-13-10-19(4-2)6-7-20(13)16(21)15-9-14(17-18-15)12-5-8-22-11-12/h5,8-9,11,13H,3-4,6-7,10H2,1-2H3,(H,17,18). The minimum absolute atomic E-state index is 0.0323. The molecule has 0 aliphatic carbocycles. The molecule has 0 spiro atoms. The zero-order valence-corrected chi connectivity index (χ0v) is 13.1. The molecule has 22 heavy (non-hydrogen) atoms. The van der Waals surface area contributed by atoms with E-state index in [9.17, 15) is 4.79 Å². The second-order valence-corrected chi connectivity index (χ2v) is 5.63. The lowest BCUT2D eigenvalue weighted by Gasteiger charge is -2.40. The van der Waals surface area contributed by atoms with E-state index in [0.717, 1.165) is 43.9 Å². The first-order valence-electron chi connectivity index (χ1n) is 7.84. The maximum atomic E-state index is 12.8. The minimum atomic E-state index is 0.0323. The van der Waals surface area contributed by atoms with Crippen LogP contribution in [0, 0.1) is 0 Å². The van der Waals surface area contributed by atoms with Gasteiger partial charge in [-0.3, -0.25) is 14.8 Å². The van der Waals surface area contributed by atoms with E-state index in [-0.39, 0.29) is 11.9 Å². The van der Waals surface area contributed by atoms with Crippen LogP contribution in [0.4, 0.5) is 0 Å². The molecule has 0 bridgehead atoms. The molecule has 6 nitrogen and oxygen atoms in total. The molecule has 1 N–H and O–H groups in total. The van der Waals surface area contributed by atoms with Crippen LogP contribution in [0.1, 0.15) is 30.8 Å². The number of hydrogen-bond donors (Lipinski definition) is 1. The van der Waals surface area contributed by atoms with Gasteiger partial charge in [-0.05, 0) is 25.1 Å². The van der Waals surface area contributed by atoms with Crippen molar-refractivity contribution in [2.75, 3.05) is 26.2 Å². The number of likely N-dealkylation sites (N-methyl/N-ethyl adjacent to an activating group) is 1. The highest BCUT2D eigenvalue weighted by Gasteiger charge is 2.30. The number of aromatic amines is 1. The fraction of sp³-hybridized carbons (Fsp3) is 0.500. The number of carbonyl (C=O) groups is 1. The van der Waals surface area contributed by atoms with Crippen molar-refractivity contribution >= 4 is 5.91 Å². The summed E-state index contributed by atoms with van der Waals surface area (Å²) in [5.41, 5.74) is 2.15. The van der Waals surface area contributed by atoms with Gasteiger partial charge in [0.25, 0.3) is 5.91 Å². The molecule has 1 unspecified atom stereocenters. The van der Waals surface area contributed by atoms with E-state index in [1.807, 2.05) is 11.0 Å². The summed E-state index contributed by atoms with van der Waals surface area (Å²) in [5, 5.41) is 7.08. The Bertz CT molecular complexity index is 620. The molecule has 1 saturated heterocycles. The first kappa shape index (κ1) is 14.8. The topological polar surface area (TPSA) is 65.4 Å². The molecule has 6 heteroatoms. The molecular formula is C16H22N4O2. The number of hydrogen-bond acceptors (Lipinski definition) is 4. The monoisotopic (exact) mass is 302 g/mol. The molecule has 2 aromatic rings. The highest BCUT2D eigenvalue weighted by molar-refractivity contribution is 5.93. The van der Waals surface area contributed by atoms with Gasteiger partial charge < -0.3 is 9.32 Å². The van der Waals surface area contributed by atoms with Gasteiger partial charge in [-0.2, -0.15) is 5.10 Å². The van der Waals surface area contributed by atoms with Gasteiger partial charge in [-0.25, -0.2) is 0 Å². The third-order valence-corrected chi connectivity index (χ3v) is 4.37. The molecule has 1 amide bonds. The van der Waals surface area contributed by atoms with Crippen molar-refractivity contribution < 1.29 is 9.21 Å². The Labute approximate surface area is 130 Å². The van der Waals surface area contributed by atoms with Crippen molar-refractivity contribution in [3.8, 4) is 11.3 Å². The molecule has 1 aliphatic rings. The Morgan fingerprint density at radius 1 is 1.45 bits per heavy atom. The summed E-state index contributed by atoms with van der Waals surface area (Å²) < 4.78 is 5.06. The molecule has 0 aromatic carbocycles. The van der Waals surface area contributed by atoms with Crippen molar-refractivity contribution in [2.45, 2.75) is 26.3 Å². The fourth-order valence-electron chi connectivity index (χ4n) is 2.97. The van der Waals surface area contributed by atoms with Gasteiger partial charge in [-0.1, -0.05) is 13.8 Å². The van der Waals surface area contributed by atoms with Crippen LogP contribution in [0.3, 0.4) is 0 Å². The number of amides is 1. The number of rotatable bonds is 4. The molecule has 118 valence electrons. The predicted octanol–water partition coefficient (Wildman–Crippen LogP) is 2.23. The van der Waals surface area contributed by atoms with Crippen LogP contribution in [0.15, 0.2) is 29.1 Å². The van der Waals surface area contributed by atoms with Crippen LogP contribution in [-0.4, -0.2) is 58.1 Å². The molecule has 1 atom stereocenters. The van der Waals surface area contributed by atoms with E-state index in [1.54, 1.807) is 18.6 Å². The van der Waals surface area contributed by atoms with Gasteiger partial charge in [0.15, 0.2) is 0 Å². The Hall–Kier alpha value is -2.08. The van der Waals surface area contributed by atoms with Gasteiger partial charge in [0, 0.05) is 31.2 Å². The lowest BCUT2D eigenvalue weighted by molar-refractivity contribution is 0.0451. The highest BCUT2D eigenvalue weighted by atomic mass is 16.3.